The first-order valence-electron chi connectivity index (χ1n) is 6.82. The van der Waals surface area contributed by atoms with Gasteiger partial charge in [-0.15, -0.1) is 6.58 Å². The molecule has 0 fully saturated rings. The highest BCUT2D eigenvalue weighted by atomic mass is 16.2. The number of allylic oxidation sites excluding steroid dienone is 4. The van der Waals surface area contributed by atoms with E-state index in [1.54, 1.807) is 23.1 Å². The molecule has 0 atom stereocenters. The number of amides is 1. The third-order valence-corrected chi connectivity index (χ3v) is 2.72. The van der Waals surface area contributed by atoms with Crippen molar-refractivity contribution in [3.8, 4) is 0 Å². The molecular weight excluding hydrogens is 234 g/mol. The van der Waals surface area contributed by atoms with Gasteiger partial charge in [0.2, 0.25) is 5.91 Å². The summed E-state index contributed by atoms with van der Waals surface area (Å²) in [5.74, 6) is 0.0377. The lowest BCUT2D eigenvalue weighted by atomic mass is 10.1. The van der Waals surface area contributed by atoms with Gasteiger partial charge in [0.1, 0.15) is 0 Å². The van der Waals surface area contributed by atoms with Gasteiger partial charge in [0, 0.05) is 13.1 Å². The summed E-state index contributed by atoms with van der Waals surface area (Å²) in [5, 5.41) is 0. The molecule has 0 aromatic rings. The van der Waals surface area contributed by atoms with Crippen LogP contribution in [-0.2, 0) is 4.79 Å². The van der Waals surface area contributed by atoms with Gasteiger partial charge in [0.05, 0.1) is 0 Å². The molecule has 0 unspecified atom stereocenters. The fourth-order valence-electron chi connectivity index (χ4n) is 1.61. The number of carbonyl (C=O) groups is 1. The molecule has 0 radical (unpaired) electrons. The molecule has 0 bridgehead atoms. The van der Waals surface area contributed by atoms with Gasteiger partial charge in [-0.3, -0.25) is 4.79 Å². The van der Waals surface area contributed by atoms with E-state index < -0.39 is 0 Å². The Balaban J connectivity index is 4.39. The van der Waals surface area contributed by atoms with E-state index in [4.69, 9.17) is 0 Å². The van der Waals surface area contributed by atoms with Crippen molar-refractivity contribution < 1.29 is 4.79 Å². The number of carbonyl (C=O) groups excluding carboxylic acids is 1. The fraction of sp³-hybridized carbons (Fsp3) is 0.471. The molecule has 0 aliphatic rings. The summed E-state index contributed by atoms with van der Waals surface area (Å²) >= 11 is 0. The molecule has 2 nitrogen and oxygen atoms in total. The summed E-state index contributed by atoms with van der Waals surface area (Å²) in [6, 6.07) is 0. The van der Waals surface area contributed by atoms with Crippen molar-refractivity contribution in [2.45, 2.75) is 40.5 Å². The van der Waals surface area contributed by atoms with Crippen molar-refractivity contribution in [3.63, 3.8) is 0 Å². The highest BCUT2D eigenvalue weighted by Gasteiger charge is 2.06. The van der Waals surface area contributed by atoms with Gasteiger partial charge in [-0.2, -0.15) is 0 Å². The van der Waals surface area contributed by atoms with E-state index in [1.165, 1.54) is 11.1 Å². The van der Waals surface area contributed by atoms with E-state index in [1.807, 2.05) is 6.92 Å². The third kappa shape index (κ3) is 9.06. The monoisotopic (exact) mass is 261 g/mol. The van der Waals surface area contributed by atoms with E-state index in [0.717, 1.165) is 12.8 Å². The molecule has 1 amide bonds. The zero-order valence-corrected chi connectivity index (χ0v) is 12.8. The second kappa shape index (κ2) is 10.4. The minimum Gasteiger partial charge on any atom is -0.332 e. The quantitative estimate of drug-likeness (QED) is 0.472. The van der Waals surface area contributed by atoms with Crippen molar-refractivity contribution in [3.05, 3.63) is 48.1 Å². The Morgan fingerprint density at radius 1 is 1.16 bits per heavy atom. The standard InChI is InChI=1S/C17H27NO/c1-6-9-17(19)18(13-7-2)14-12-16(5)11-8-10-15(3)4/h6-7,9-10,12H,2,8,11,13-14H2,1,3-5H3. The van der Waals surface area contributed by atoms with Gasteiger partial charge in [0.15, 0.2) is 0 Å². The molecular formula is C17H27NO. The van der Waals surface area contributed by atoms with Crippen LogP contribution in [0.4, 0.5) is 0 Å². The smallest absolute Gasteiger partial charge is 0.246 e. The fourth-order valence-corrected chi connectivity index (χ4v) is 1.61. The molecule has 0 rings (SSSR count). The summed E-state index contributed by atoms with van der Waals surface area (Å²) in [5.41, 5.74) is 2.67. The van der Waals surface area contributed by atoms with Gasteiger partial charge in [-0.05, 0) is 46.6 Å². The van der Waals surface area contributed by atoms with Gasteiger partial charge in [-0.1, -0.05) is 35.5 Å². The van der Waals surface area contributed by atoms with E-state index >= 15 is 0 Å². The van der Waals surface area contributed by atoms with Crippen LogP contribution in [0.3, 0.4) is 0 Å². The number of rotatable bonds is 8. The molecule has 0 heterocycles. The Morgan fingerprint density at radius 2 is 1.84 bits per heavy atom. The molecule has 106 valence electrons. The van der Waals surface area contributed by atoms with E-state index in [9.17, 15) is 4.79 Å². The maximum Gasteiger partial charge on any atom is 0.246 e. The van der Waals surface area contributed by atoms with Crippen LogP contribution in [0.15, 0.2) is 48.1 Å². The van der Waals surface area contributed by atoms with Crippen LogP contribution in [-0.4, -0.2) is 23.9 Å². The molecule has 2 heteroatoms. The largest absolute Gasteiger partial charge is 0.332 e. The topological polar surface area (TPSA) is 20.3 Å². The average molecular weight is 261 g/mol. The summed E-state index contributed by atoms with van der Waals surface area (Å²) in [6.45, 7) is 13.1. The first kappa shape index (κ1) is 17.4. The van der Waals surface area contributed by atoms with Gasteiger partial charge in [0.25, 0.3) is 0 Å². The van der Waals surface area contributed by atoms with Crippen molar-refractivity contribution >= 4 is 5.91 Å². The predicted molar refractivity (Wildman–Crippen MR) is 84.0 cm³/mol. The minimum absolute atomic E-state index is 0.0377. The van der Waals surface area contributed by atoms with Gasteiger partial charge >= 0.3 is 0 Å². The Labute approximate surface area is 118 Å². The molecule has 0 aliphatic carbocycles. The van der Waals surface area contributed by atoms with Crippen molar-refractivity contribution in [1.82, 2.24) is 4.90 Å². The van der Waals surface area contributed by atoms with Crippen LogP contribution < -0.4 is 0 Å². The summed E-state index contributed by atoms with van der Waals surface area (Å²) < 4.78 is 0. The molecule has 0 saturated heterocycles. The minimum atomic E-state index is 0.0377. The number of hydrogen-bond donors (Lipinski definition) is 0. The Bertz CT molecular complexity index is 371. The highest BCUT2D eigenvalue weighted by Crippen LogP contribution is 2.07. The lowest BCUT2D eigenvalue weighted by Gasteiger charge is -2.17. The van der Waals surface area contributed by atoms with Gasteiger partial charge < -0.3 is 4.90 Å². The zero-order valence-electron chi connectivity index (χ0n) is 12.8. The number of nitrogens with zero attached hydrogens (tertiary/aromatic N) is 1. The SMILES string of the molecule is C=CCN(CC=C(C)CCC=C(C)C)C(=O)C=CC. The normalized spacial score (nSPS) is 11.5. The summed E-state index contributed by atoms with van der Waals surface area (Å²) in [4.78, 5) is 13.6. The molecule has 0 saturated carbocycles. The van der Waals surface area contributed by atoms with Crippen molar-refractivity contribution in [1.29, 1.82) is 0 Å². The molecule has 19 heavy (non-hydrogen) atoms. The maximum atomic E-state index is 11.8. The second-order valence-corrected chi connectivity index (χ2v) is 4.90. The van der Waals surface area contributed by atoms with E-state index in [-0.39, 0.29) is 5.91 Å². The van der Waals surface area contributed by atoms with Crippen LogP contribution >= 0.6 is 0 Å². The van der Waals surface area contributed by atoms with Crippen LogP contribution in [0, 0.1) is 0 Å². The van der Waals surface area contributed by atoms with Gasteiger partial charge in [-0.25, -0.2) is 0 Å². The van der Waals surface area contributed by atoms with Crippen LogP contribution in [0.1, 0.15) is 40.5 Å². The zero-order chi connectivity index (χ0) is 14.7. The average Bonchev–Trinajstić information content (AvgIpc) is 2.34. The Morgan fingerprint density at radius 3 is 2.37 bits per heavy atom. The lowest BCUT2D eigenvalue weighted by Crippen LogP contribution is -2.29. The molecule has 0 aliphatic heterocycles. The Kier molecular flexibility index (Phi) is 9.51. The maximum absolute atomic E-state index is 11.8. The van der Waals surface area contributed by atoms with Crippen LogP contribution in [0.5, 0.6) is 0 Å². The van der Waals surface area contributed by atoms with E-state index in [2.05, 4.69) is 39.5 Å². The van der Waals surface area contributed by atoms with Crippen molar-refractivity contribution in [2.75, 3.05) is 13.1 Å². The van der Waals surface area contributed by atoms with Crippen molar-refractivity contribution in [2.24, 2.45) is 0 Å². The third-order valence-electron chi connectivity index (χ3n) is 2.72. The first-order valence-corrected chi connectivity index (χ1v) is 6.82. The number of hydrogen-bond acceptors (Lipinski definition) is 1. The summed E-state index contributed by atoms with van der Waals surface area (Å²) in [6.07, 6.45) is 11.6. The Hall–Kier alpha value is -1.57. The highest BCUT2D eigenvalue weighted by molar-refractivity contribution is 5.87. The second-order valence-electron chi connectivity index (χ2n) is 4.90. The predicted octanol–water partition coefficient (Wildman–Crippen LogP) is 4.27. The van der Waals surface area contributed by atoms with Crippen LogP contribution in [0.25, 0.3) is 0 Å². The molecule has 0 aromatic heterocycles. The lowest BCUT2D eigenvalue weighted by molar-refractivity contribution is -0.125. The molecule has 0 N–H and O–H groups in total. The molecule has 0 aromatic carbocycles. The molecule has 0 spiro atoms. The van der Waals surface area contributed by atoms with Crippen LogP contribution in [0.2, 0.25) is 0 Å². The summed E-state index contributed by atoms with van der Waals surface area (Å²) in [7, 11) is 0. The first-order chi connectivity index (χ1) is 9.01. The van der Waals surface area contributed by atoms with E-state index in [0.29, 0.717) is 13.1 Å².